The number of aromatic nitrogens is 3. The molecule has 0 saturated carbocycles. The summed E-state index contributed by atoms with van der Waals surface area (Å²) in [6.45, 7) is 2.00. The zero-order chi connectivity index (χ0) is 18.8. The van der Waals surface area contributed by atoms with Gasteiger partial charge in [0.15, 0.2) is 0 Å². The van der Waals surface area contributed by atoms with E-state index in [1.54, 1.807) is 23.9 Å². The average molecular weight is 357 g/mol. The van der Waals surface area contributed by atoms with Gasteiger partial charge in [-0.3, -0.25) is 9.36 Å². The highest BCUT2D eigenvalue weighted by Gasteiger charge is 2.15. The van der Waals surface area contributed by atoms with Gasteiger partial charge < -0.3 is 4.74 Å². The predicted molar refractivity (Wildman–Crippen MR) is 107 cm³/mol. The van der Waals surface area contributed by atoms with Crippen molar-refractivity contribution in [2.45, 2.75) is 13.3 Å². The standard InChI is InChI=1S/C22H19N3O2/c1-3-19-24-18-11-7-10-17(15-12-13-20(27-2)23-14-15)21(18)22(26)25(19)16-8-5-4-6-9-16/h4-14H,3H2,1-2H3. The molecule has 5 heteroatoms. The Hall–Kier alpha value is -3.47. The Morgan fingerprint density at radius 1 is 1.00 bits per heavy atom. The van der Waals surface area contributed by atoms with Crippen LogP contribution in [0, 0.1) is 0 Å². The predicted octanol–water partition coefficient (Wildman–Crippen LogP) is 4.02. The van der Waals surface area contributed by atoms with Gasteiger partial charge in [-0.25, -0.2) is 9.97 Å². The lowest BCUT2D eigenvalue weighted by Crippen LogP contribution is -2.24. The summed E-state index contributed by atoms with van der Waals surface area (Å²) in [7, 11) is 1.58. The summed E-state index contributed by atoms with van der Waals surface area (Å²) < 4.78 is 6.83. The molecule has 0 fully saturated rings. The number of pyridine rings is 1. The van der Waals surface area contributed by atoms with Crippen LogP contribution in [0.25, 0.3) is 27.7 Å². The second-order valence-corrected chi connectivity index (χ2v) is 6.15. The van der Waals surface area contributed by atoms with Crippen molar-refractivity contribution in [1.82, 2.24) is 14.5 Å². The van der Waals surface area contributed by atoms with E-state index in [0.29, 0.717) is 23.2 Å². The van der Waals surface area contributed by atoms with Crippen molar-refractivity contribution in [3.63, 3.8) is 0 Å². The number of hydrogen-bond acceptors (Lipinski definition) is 4. The number of ether oxygens (including phenoxy) is 1. The zero-order valence-corrected chi connectivity index (χ0v) is 15.2. The average Bonchev–Trinajstić information content (AvgIpc) is 2.73. The number of fused-ring (bicyclic) bond motifs is 1. The zero-order valence-electron chi connectivity index (χ0n) is 15.2. The third-order valence-electron chi connectivity index (χ3n) is 4.55. The van der Waals surface area contributed by atoms with Gasteiger partial charge in [0.1, 0.15) is 5.82 Å². The lowest BCUT2D eigenvalue weighted by Gasteiger charge is -2.14. The van der Waals surface area contributed by atoms with E-state index in [2.05, 4.69) is 4.98 Å². The second-order valence-electron chi connectivity index (χ2n) is 6.15. The van der Waals surface area contributed by atoms with Gasteiger partial charge in [-0.2, -0.15) is 0 Å². The highest BCUT2D eigenvalue weighted by Crippen LogP contribution is 2.27. The van der Waals surface area contributed by atoms with Crippen LogP contribution in [0.5, 0.6) is 5.88 Å². The number of benzene rings is 2. The number of methoxy groups -OCH3 is 1. The second kappa shape index (κ2) is 7.03. The first-order chi connectivity index (χ1) is 13.2. The molecule has 2 heterocycles. The smallest absolute Gasteiger partial charge is 0.266 e. The maximum absolute atomic E-state index is 13.5. The Kier molecular flexibility index (Phi) is 4.42. The summed E-state index contributed by atoms with van der Waals surface area (Å²) in [5.41, 5.74) is 3.10. The van der Waals surface area contributed by atoms with Crippen molar-refractivity contribution in [2.24, 2.45) is 0 Å². The van der Waals surface area contributed by atoms with Gasteiger partial charge >= 0.3 is 0 Å². The fraction of sp³-hybridized carbons (Fsp3) is 0.136. The quantitative estimate of drug-likeness (QED) is 0.553. The third-order valence-corrected chi connectivity index (χ3v) is 4.55. The molecule has 0 bridgehead atoms. The summed E-state index contributed by atoms with van der Waals surface area (Å²) >= 11 is 0. The van der Waals surface area contributed by atoms with Crippen molar-refractivity contribution in [3.05, 3.63) is 83.0 Å². The molecular weight excluding hydrogens is 338 g/mol. The molecule has 134 valence electrons. The fourth-order valence-corrected chi connectivity index (χ4v) is 3.26. The highest BCUT2D eigenvalue weighted by molar-refractivity contribution is 5.94. The van der Waals surface area contributed by atoms with Crippen molar-refractivity contribution in [3.8, 4) is 22.7 Å². The molecule has 0 unspecified atom stereocenters. The van der Waals surface area contributed by atoms with E-state index >= 15 is 0 Å². The van der Waals surface area contributed by atoms with Crippen molar-refractivity contribution < 1.29 is 4.74 Å². The molecule has 4 aromatic rings. The van der Waals surface area contributed by atoms with E-state index in [0.717, 1.165) is 22.6 Å². The van der Waals surface area contributed by atoms with Crippen LogP contribution in [0.1, 0.15) is 12.7 Å². The molecule has 0 radical (unpaired) electrons. The highest BCUT2D eigenvalue weighted by atomic mass is 16.5. The molecule has 0 aliphatic carbocycles. The maximum atomic E-state index is 13.5. The summed E-state index contributed by atoms with van der Waals surface area (Å²) in [4.78, 5) is 22.5. The minimum Gasteiger partial charge on any atom is -0.481 e. The van der Waals surface area contributed by atoms with Crippen molar-refractivity contribution in [2.75, 3.05) is 7.11 Å². The van der Waals surface area contributed by atoms with Crippen LogP contribution in [-0.2, 0) is 6.42 Å². The van der Waals surface area contributed by atoms with Crippen LogP contribution in [0.4, 0.5) is 0 Å². The number of para-hydroxylation sites is 1. The Balaban J connectivity index is 2.03. The van der Waals surface area contributed by atoms with Gasteiger partial charge in [0.2, 0.25) is 5.88 Å². The molecule has 0 aliphatic heterocycles. The molecule has 0 aliphatic rings. The van der Waals surface area contributed by atoms with E-state index in [-0.39, 0.29) is 5.56 Å². The molecule has 0 N–H and O–H groups in total. The first-order valence-corrected chi connectivity index (χ1v) is 8.83. The fourth-order valence-electron chi connectivity index (χ4n) is 3.26. The molecule has 2 aromatic heterocycles. The monoisotopic (exact) mass is 357 g/mol. The van der Waals surface area contributed by atoms with E-state index in [1.165, 1.54) is 0 Å². The summed E-state index contributed by atoms with van der Waals surface area (Å²) in [6.07, 6.45) is 2.38. The van der Waals surface area contributed by atoms with Gasteiger partial charge in [0.25, 0.3) is 5.56 Å². The van der Waals surface area contributed by atoms with Crippen LogP contribution in [0.3, 0.4) is 0 Å². The number of nitrogens with zero attached hydrogens (tertiary/aromatic N) is 3. The topological polar surface area (TPSA) is 57.0 Å². The molecule has 0 spiro atoms. The van der Waals surface area contributed by atoms with Crippen LogP contribution in [-0.4, -0.2) is 21.6 Å². The van der Waals surface area contributed by atoms with Gasteiger partial charge in [0, 0.05) is 24.2 Å². The van der Waals surface area contributed by atoms with Crippen LogP contribution >= 0.6 is 0 Å². The van der Waals surface area contributed by atoms with E-state index in [1.807, 2.05) is 61.5 Å². The lowest BCUT2D eigenvalue weighted by atomic mass is 10.0. The largest absolute Gasteiger partial charge is 0.481 e. The molecule has 2 aromatic carbocycles. The van der Waals surface area contributed by atoms with E-state index in [4.69, 9.17) is 9.72 Å². The van der Waals surface area contributed by atoms with Crippen molar-refractivity contribution in [1.29, 1.82) is 0 Å². The summed E-state index contributed by atoms with van der Waals surface area (Å²) in [6, 6.07) is 19.0. The molecule has 0 amide bonds. The Bertz CT molecular complexity index is 1150. The van der Waals surface area contributed by atoms with E-state index in [9.17, 15) is 4.79 Å². The molecule has 27 heavy (non-hydrogen) atoms. The van der Waals surface area contributed by atoms with E-state index < -0.39 is 0 Å². The van der Waals surface area contributed by atoms with Gasteiger partial charge in [-0.15, -0.1) is 0 Å². The minimum atomic E-state index is -0.0746. The summed E-state index contributed by atoms with van der Waals surface area (Å²) in [5, 5.41) is 0.588. The molecular formula is C22H19N3O2. The summed E-state index contributed by atoms with van der Waals surface area (Å²) in [5.74, 6) is 1.27. The SMILES string of the molecule is CCc1nc2cccc(-c3ccc(OC)nc3)c2c(=O)n1-c1ccccc1. The Morgan fingerprint density at radius 3 is 2.48 bits per heavy atom. The van der Waals surface area contributed by atoms with Crippen molar-refractivity contribution >= 4 is 10.9 Å². The van der Waals surface area contributed by atoms with Crippen LogP contribution in [0.2, 0.25) is 0 Å². The Labute approximate surface area is 156 Å². The maximum Gasteiger partial charge on any atom is 0.266 e. The van der Waals surface area contributed by atoms with Gasteiger partial charge in [-0.1, -0.05) is 37.3 Å². The van der Waals surface area contributed by atoms with Gasteiger partial charge in [0.05, 0.1) is 23.7 Å². The number of rotatable bonds is 4. The van der Waals surface area contributed by atoms with Crippen LogP contribution < -0.4 is 10.3 Å². The third kappa shape index (κ3) is 2.97. The molecule has 0 saturated heterocycles. The first-order valence-electron chi connectivity index (χ1n) is 8.83. The minimum absolute atomic E-state index is 0.0746. The van der Waals surface area contributed by atoms with Gasteiger partial charge in [-0.05, 0) is 29.8 Å². The molecule has 5 nitrogen and oxygen atoms in total. The Morgan fingerprint density at radius 2 is 1.81 bits per heavy atom. The lowest BCUT2D eigenvalue weighted by molar-refractivity contribution is 0.398. The molecule has 4 rings (SSSR count). The molecule has 0 atom stereocenters. The first kappa shape index (κ1) is 17.0. The number of hydrogen-bond donors (Lipinski definition) is 0. The number of aryl methyl sites for hydroxylation is 1. The van der Waals surface area contributed by atoms with Crippen LogP contribution in [0.15, 0.2) is 71.7 Å². The normalized spacial score (nSPS) is 10.9.